The van der Waals surface area contributed by atoms with Crippen molar-refractivity contribution in [1.82, 2.24) is 0 Å². The molecule has 0 saturated carbocycles. The van der Waals surface area contributed by atoms with Gasteiger partial charge in [-0.05, 0) is 46.2 Å². The summed E-state index contributed by atoms with van der Waals surface area (Å²) in [7, 11) is -1.79. The van der Waals surface area contributed by atoms with Gasteiger partial charge in [-0.15, -0.1) is 5.54 Å². The van der Waals surface area contributed by atoms with Gasteiger partial charge >= 0.3 is 0 Å². The third kappa shape index (κ3) is 4.71. The molecule has 0 aliphatic carbocycles. The summed E-state index contributed by atoms with van der Waals surface area (Å²) in [5.74, 6) is 8.08. The second kappa shape index (κ2) is 8.34. The van der Waals surface area contributed by atoms with Crippen LogP contribution in [0.4, 0.5) is 4.39 Å². The van der Waals surface area contributed by atoms with E-state index in [0.29, 0.717) is 22.2 Å². The van der Waals surface area contributed by atoms with Crippen LogP contribution in [0.15, 0.2) is 24.3 Å². The fourth-order valence-corrected chi connectivity index (χ4v) is 8.58. The van der Waals surface area contributed by atoms with Crippen LogP contribution in [0, 0.1) is 29.1 Å². The maximum absolute atomic E-state index is 13.2. The van der Waals surface area contributed by atoms with Gasteiger partial charge in [-0.25, -0.2) is 4.39 Å². The molecule has 3 heteroatoms. The molecule has 1 aromatic rings. The van der Waals surface area contributed by atoms with Crippen LogP contribution in [0.2, 0.25) is 16.6 Å². The third-order valence-electron chi connectivity index (χ3n) is 4.58. The Morgan fingerprint density at radius 1 is 0.957 bits per heavy atom. The fraction of sp³-hybridized carbons (Fsp3) is 0.500. The lowest BCUT2D eigenvalue weighted by molar-refractivity contribution is 0.238. The molecule has 0 saturated heterocycles. The zero-order valence-corrected chi connectivity index (χ0v) is 15.9. The van der Waals surface area contributed by atoms with E-state index in [-0.39, 0.29) is 5.82 Å². The van der Waals surface area contributed by atoms with Crippen molar-refractivity contribution in [3.05, 3.63) is 35.6 Å². The van der Waals surface area contributed by atoms with Crippen LogP contribution in [0.25, 0.3) is 0 Å². The summed E-state index contributed by atoms with van der Waals surface area (Å²) in [6.07, 6.45) is -1.01. The monoisotopic (exact) mass is 330 g/mol. The molecule has 0 amide bonds. The van der Waals surface area contributed by atoms with Crippen LogP contribution in [0.3, 0.4) is 0 Å². The van der Waals surface area contributed by atoms with Crippen LogP contribution in [0.5, 0.6) is 0 Å². The average Bonchev–Trinajstić information content (AvgIpc) is 2.45. The van der Waals surface area contributed by atoms with Gasteiger partial charge in [-0.3, -0.25) is 0 Å². The van der Waals surface area contributed by atoms with Crippen molar-refractivity contribution >= 4 is 8.07 Å². The molecule has 0 radical (unpaired) electrons. The molecule has 1 nitrogen and oxygen atoms in total. The van der Waals surface area contributed by atoms with Crippen LogP contribution in [-0.4, -0.2) is 13.2 Å². The highest BCUT2D eigenvalue weighted by Crippen LogP contribution is 2.40. The highest BCUT2D eigenvalue weighted by molar-refractivity contribution is 6.90. The summed E-state index contributed by atoms with van der Waals surface area (Å²) < 4.78 is 13.2. The van der Waals surface area contributed by atoms with Crippen LogP contribution in [-0.2, 0) is 0 Å². The fourth-order valence-electron chi connectivity index (χ4n) is 3.44. The molecule has 0 spiro atoms. The standard InChI is InChI=1S/C20H27FOSi/c1-15(2)23(16(3)4,17(5)6)13-8-7-12-20(22)18-10-9-11-19(21)14-18/h9-11,14-17,20,22H,1-6H3/t20-/m0/s1. The van der Waals surface area contributed by atoms with Gasteiger partial charge in [0.2, 0.25) is 0 Å². The first-order valence-corrected chi connectivity index (χ1v) is 10.4. The van der Waals surface area contributed by atoms with Crippen molar-refractivity contribution in [2.45, 2.75) is 64.3 Å². The lowest BCUT2D eigenvalue weighted by atomic mass is 10.1. The van der Waals surface area contributed by atoms with Crippen LogP contribution in [0.1, 0.15) is 53.2 Å². The molecule has 0 aromatic heterocycles. The Labute approximate surface area is 141 Å². The van der Waals surface area contributed by atoms with E-state index in [1.165, 1.54) is 12.1 Å². The SMILES string of the molecule is CC(C)[Si](C#CC#C[C@H](O)c1cccc(F)c1)(C(C)C)C(C)C. The average molecular weight is 331 g/mol. The molecule has 1 rings (SSSR count). The van der Waals surface area contributed by atoms with E-state index in [9.17, 15) is 9.50 Å². The molecule has 0 unspecified atom stereocenters. The predicted octanol–water partition coefficient (Wildman–Crippen LogP) is 5.08. The molecule has 0 bridgehead atoms. The van der Waals surface area contributed by atoms with Gasteiger partial charge in [-0.1, -0.05) is 59.6 Å². The summed E-state index contributed by atoms with van der Waals surface area (Å²) >= 11 is 0. The Balaban J connectivity index is 3.03. The molecule has 0 aliphatic rings. The van der Waals surface area contributed by atoms with Gasteiger partial charge in [0, 0.05) is 0 Å². The van der Waals surface area contributed by atoms with Crippen molar-refractivity contribution in [3.63, 3.8) is 0 Å². The Hall–Kier alpha value is -1.55. The van der Waals surface area contributed by atoms with Gasteiger partial charge in [0.05, 0.1) is 0 Å². The normalized spacial score (nSPS) is 12.7. The van der Waals surface area contributed by atoms with Gasteiger partial charge < -0.3 is 5.11 Å². The summed E-state index contributed by atoms with van der Waals surface area (Å²) in [5.41, 5.74) is 5.58. The molecule has 0 aliphatic heterocycles. The van der Waals surface area contributed by atoms with Crippen molar-refractivity contribution in [2.75, 3.05) is 0 Å². The molecule has 1 aromatic carbocycles. The summed E-state index contributed by atoms with van der Waals surface area (Å²) in [4.78, 5) is 0. The molecule has 1 atom stereocenters. The van der Waals surface area contributed by atoms with E-state index >= 15 is 0 Å². The molecule has 0 heterocycles. The minimum absolute atomic E-state index is 0.375. The van der Waals surface area contributed by atoms with Crippen molar-refractivity contribution in [1.29, 1.82) is 0 Å². The molecule has 124 valence electrons. The first-order valence-electron chi connectivity index (χ1n) is 8.18. The van der Waals surface area contributed by atoms with Gasteiger partial charge in [-0.2, -0.15) is 0 Å². The summed E-state index contributed by atoms with van der Waals surface area (Å²) in [6.45, 7) is 13.5. The van der Waals surface area contributed by atoms with E-state index in [4.69, 9.17) is 0 Å². The smallest absolute Gasteiger partial charge is 0.147 e. The first-order chi connectivity index (χ1) is 10.7. The zero-order valence-electron chi connectivity index (χ0n) is 14.9. The largest absolute Gasteiger partial charge is 0.376 e. The van der Waals surface area contributed by atoms with Crippen molar-refractivity contribution < 1.29 is 9.50 Å². The highest BCUT2D eigenvalue weighted by atomic mass is 28.3. The second-order valence-electron chi connectivity index (χ2n) is 6.87. The van der Waals surface area contributed by atoms with E-state index in [1.54, 1.807) is 12.1 Å². The molecule has 23 heavy (non-hydrogen) atoms. The number of halogens is 1. The Morgan fingerprint density at radius 3 is 2.00 bits per heavy atom. The van der Waals surface area contributed by atoms with Crippen LogP contribution < -0.4 is 0 Å². The number of hydrogen-bond acceptors (Lipinski definition) is 1. The Kier molecular flexibility index (Phi) is 7.07. The minimum atomic E-state index is -1.79. The lowest BCUT2D eigenvalue weighted by Crippen LogP contribution is -2.43. The number of benzene rings is 1. The first kappa shape index (κ1) is 19.5. The molecule has 1 N–H and O–H groups in total. The predicted molar refractivity (Wildman–Crippen MR) is 98.0 cm³/mol. The van der Waals surface area contributed by atoms with E-state index in [0.717, 1.165) is 0 Å². The Bertz CT molecular complexity index is 619. The lowest BCUT2D eigenvalue weighted by Gasteiger charge is -2.37. The van der Waals surface area contributed by atoms with E-state index in [1.807, 2.05) is 0 Å². The number of aliphatic hydroxyl groups excluding tert-OH is 1. The molecule has 0 fully saturated rings. The molecular formula is C20H27FOSi. The van der Waals surface area contributed by atoms with E-state index in [2.05, 4.69) is 64.8 Å². The number of aliphatic hydroxyl groups is 1. The second-order valence-corrected chi connectivity index (χ2v) is 12.5. The van der Waals surface area contributed by atoms with Gasteiger partial charge in [0.25, 0.3) is 0 Å². The summed E-state index contributed by atoms with van der Waals surface area (Å²) in [5, 5.41) is 10.0. The maximum atomic E-state index is 13.2. The topological polar surface area (TPSA) is 20.2 Å². The number of rotatable bonds is 4. The molecular weight excluding hydrogens is 303 g/mol. The number of hydrogen-bond donors (Lipinski definition) is 1. The zero-order chi connectivity index (χ0) is 17.6. The minimum Gasteiger partial charge on any atom is -0.376 e. The van der Waals surface area contributed by atoms with Crippen molar-refractivity contribution in [2.24, 2.45) is 0 Å². The van der Waals surface area contributed by atoms with Crippen molar-refractivity contribution in [3.8, 4) is 23.3 Å². The quantitative estimate of drug-likeness (QED) is 0.602. The summed E-state index contributed by atoms with van der Waals surface area (Å²) in [6, 6.07) is 5.86. The van der Waals surface area contributed by atoms with Gasteiger partial charge in [0.1, 0.15) is 20.0 Å². The third-order valence-corrected chi connectivity index (χ3v) is 10.9. The van der Waals surface area contributed by atoms with Crippen LogP contribution >= 0.6 is 0 Å². The van der Waals surface area contributed by atoms with E-state index < -0.39 is 14.2 Å². The highest BCUT2D eigenvalue weighted by Gasteiger charge is 2.41. The van der Waals surface area contributed by atoms with Gasteiger partial charge in [0.15, 0.2) is 0 Å². The Morgan fingerprint density at radius 2 is 1.52 bits per heavy atom. The maximum Gasteiger partial charge on any atom is 0.147 e.